The second-order valence-corrected chi connectivity index (χ2v) is 4.14. The van der Waals surface area contributed by atoms with Gasteiger partial charge < -0.3 is 14.7 Å². The van der Waals surface area contributed by atoms with Gasteiger partial charge in [0.25, 0.3) is 0 Å². The first-order chi connectivity index (χ1) is 7.56. The van der Waals surface area contributed by atoms with Crippen LogP contribution in [0, 0.1) is 5.92 Å². The number of carbonyl (C=O) groups excluding carboxylic acids is 1. The summed E-state index contributed by atoms with van der Waals surface area (Å²) in [7, 11) is 0. The van der Waals surface area contributed by atoms with Crippen molar-refractivity contribution < 1.29 is 19.4 Å². The number of piperidine rings is 1. The van der Waals surface area contributed by atoms with E-state index < -0.39 is 11.9 Å². The number of carboxylic acids is 1. The zero-order chi connectivity index (χ0) is 12.1. The van der Waals surface area contributed by atoms with Gasteiger partial charge in [0.15, 0.2) is 0 Å². The summed E-state index contributed by atoms with van der Waals surface area (Å²) >= 11 is 0. The summed E-state index contributed by atoms with van der Waals surface area (Å²) in [6.45, 7) is 4.63. The predicted octanol–water partition coefficient (Wildman–Crippen LogP) is 0.735. The van der Waals surface area contributed by atoms with Gasteiger partial charge in [0.1, 0.15) is 6.61 Å². The third kappa shape index (κ3) is 3.20. The van der Waals surface area contributed by atoms with Crippen molar-refractivity contribution in [3.8, 4) is 0 Å². The van der Waals surface area contributed by atoms with Crippen LogP contribution in [0.1, 0.15) is 26.7 Å². The maximum Gasteiger partial charge on any atom is 0.308 e. The molecule has 0 aliphatic carbocycles. The Balaban J connectivity index is 2.55. The molecule has 0 spiro atoms. The van der Waals surface area contributed by atoms with Gasteiger partial charge in [-0.2, -0.15) is 0 Å². The number of carboxylic acid groups (broad SMARTS) is 1. The molecule has 1 fully saturated rings. The average molecular weight is 229 g/mol. The maximum absolute atomic E-state index is 11.7. The van der Waals surface area contributed by atoms with Crippen molar-refractivity contribution in [2.75, 3.05) is 19.8 Å². The number of nitrogens with zero attached hydrogens (tertiary/aromatic N) is 1. The molecule has 92 valence electrons. The van der Waals surface area contributed by atoms with E-state index in [9.17, 15) is 9.59 Å². The molecule has 1 amide bonds. The van der Waals surface area contributed by atoms with E-state index in [0.717, 1.165) is 6.42 Å². The number of hydrogen-bond acceptors (Lipinski definition) is 3. The Bertz CT molecular complexity index is 267. The highest BCUT2D eigenvalue weighted by Crippen LogP contribution is 2.22. The van der Waals surface area contributed by atoms with Crippen molar-refractivity contribution in [1.82, 2.24) is 4.90 Å². The Morgan fingerprint density at radius 2 is 2.12 bits per heavy atom. The van der Waals surface area contributed by atoms with Crippen LogP contribution in [0.25, 0.3) is 0 Å². The van der Waals surface area contributed by atoms with Crippen molar-refractivity contribution in [1.29, 1.82) is 0 Å². The first kappa shape index (κ1) is 13.0. The van der Waals surface area contributed by atoms with E-state index in [1.54, 1.807) is 4.90 Å². The van der Waals surface area contributed by atoms with Crippen LogP contribution in [-0.4, -0.2) is 47.7 Å². The van der Waals surface area contributed by atoms with Crippen LogP contribution in [-0.2, 0) is 14.3 Å². The summed E-state index contributed by atoms with van der Waals surface area (Å²) in [5, 5.41) is 8.93. The lowest BCUT2D eigenvalue weighted by Gasteiger charge is -2.36. The number of aliphatic carboxylic acids is 1. The molecule has 0 aromatic heterocycles. The van der Waals surface area contributed by atoms with Crippen molar-refractivity contribution >= 4 is 11.9 Å². The number of rotatable bonds is 4. The minimum absolute atomic E-state index is 0.0488. The molecule has 1 aliphatic heterocycles. The van der Waals surface area contributed by atoms with E-state index in [1.165, 1.54) is 0 Å². The van der Waals surface area contributed by atoms with Gasteiger partial charge in [-0.05, 0) is 26.7 Å². The van der Waals surface area contributed by atoms with Crippen molar-refractivity contribution in [2.45, 2.75) is 32.7 Å². The van der Waals surface area contributed by atoms with Crippen LogP contribution in [0.4, 0.5) is 0 Å². The largest absolute Gasteiger partial charge is 0.481 e. The molecule has 1 rings (SSSR count). The van der Waals surface area contributed by atoms with Crippen LogP contribution < -0.4 is 0 Å². The van der Waals surface area contributed by atoms with Gasteiger partial charge >= 0.3 is 5.97 Å². The molecule has 1 N–H and O–H groups in total. The fourth-order valence-corrected chi connectivity index (χ4v) is 1.93. The average Bonchev–Trinajstić information content (AvgIpc) is 2.26. The summed E-state index contributed by atoms with van der Waals surface area (Å²) < 4.78 is 5.05. The Labute approximate surface area is 95.4 Å². The maximum atomic E-state index is 11.7. The lowest BCUT2D eigenvalue weighted by atomic mass is 9.93. The molecule has 1 saturated heterocycles. The number of likely N-dealkylation sites (tertiary alicyclic amines) is 1. The van der Waals surface area contributed by atoms with E-state index in [-0.39, 0.29) is 18.6 Å². The molecular formula is C11H19NO4. The van der Waals surface area contributed by atoms with E-state index in [2.05, 4.69) is 0 Å². The monoisotopic (exact) mass is 229 g/mol. The topological polar surface area (TPSA) is 66.8 Å². The molecule has 0 aromatic carbocycles. The minimum Gasteiger partial charge on any atom is -0.481 e. The summed E-state index contributed by atoms with van der Waals surface area (Å²) in [6, 6.07) is 0.114. The van der Waals surface area contributed by atoms with Crippen LogP contribution in [0.3, 0.4) is 0 Å². The third-order valence-corrected chi connectivity index (χ3v) is 2.98. The highest BCUT2D eigenvalue weighted by atomic mass is 16.5. The molecule has 0 aromatic rings. The molecule has 2 unspecified atom stereocenters. The van der Waals surface area contributed by atoms with Gasteiger partial charge in [-0.3, -0.25) is 9.59 Å². The molecule has 0 bridgehead atoms. The molecule has 1 heterocycles. The van der Waals surface area contributed by atoms with Crippen LogP contribution in [0.5, 0.6) is 0 Å². The first-order valence-corrected chi connectivity index (χ1v) is 5.66. The van der Waals surface area contributed by atoms with Gasteiger partial charge in [0, 0.05) is 19.2 Å². The summed E-state index contributed by atoms with van der Waals surface area (Å²) in [6.07, 6.45) is 1.39. The summed E-state index contributed by atoms with van der Waals surface area (Å²) in [4.78, 5) is 24.2. The molecule has 16 heavy (non-hydrogen) atoms. The number of carbonyl (C=O) groups is 2. The van der Waals surface area contributed by atoms with Gasteiger partial charge in [-0.1, -0.05) is 0 Å². The predicted molar refractivity (Wildman–Crippen MR) is 58.0 cm³/mol. The van der Waals surface area contributed by atoms with Crippen molar-refractivity contribution in [3.63, 3.8) is 0 Å². The van der Waals surface area contributed by atoms with Gasteiger partial charge in [-0.15, -0.1) is 0 Å². The van der Waals surface area contributed by atoms with E-state index in [1.807, 2.05) is 13.8 Å². The lowest BCUT2D eigenvalue weighted by molar-refractivity contribution is -0.148. The second-order valence-electron chi connectivity index (χ2n) is 4.14. The molecule has 0 radical (unpaired) electrons. The molecule has 2 atom stereocenters. The highest BCUT2D eigenvalue weighted by molar-refractivity contribution is 5.79. The second kappa shape index (κ2) is 5.84. The lowest BCUT2D eigenvalue weighted by Crippen LogP contribution is -2.48. The Morgan fingerprint density at radius 1 is 1.44 bits per heavy atom. The van der Waals surface area contributed by atoms with Gasteiger partial charge in [-0.25, -0.2) is 0 Å². The molecule has 1 aliphatic rings. The third-order valence-electron chi connectivity index (χ3n) is 2.98. The minimum atomic E-state index is -0.818. The number of amides is 1. The standard InChI is InChI=1S/C11H19NO4/c1-3-16-7-10(13)12-6-9(11(14)15)5-4-8(12)2/h8-9H,3-7H2,1-2H3,(H,14,15). The first-order valence-electron chi connectivity index (χ1n) is 5.66. The Morgan fingerprint density at radius 3 is 2.69 bits per heavy atom. The fourth-order valence-electron chi connectivity index (χ4n) is 1.93. The zero-order valence-electron chi connectivity index (χ0n) is 9.81. The number of hydrogen-bond donors (Lipinski definition) is 1. The summed E-state index contributed by atoms with van der Waals surface area (Å²) in [5.41, 5.74) is 0. The molecule has 0 saturated carbocycles. The van der Waals surface area contributed by atoms with Gasteiger partial charge in [0.2, 0.25) is 5.91 Å². The van der Waals surface area contributed by atoms with E-state index >= 15 is 0 Å². The zero-order valence-corrected chi connectivity index (χ0v) is 9.81. The summed E-state index contributed by atoms with van der Waals surface area (Å²) in [5.74, 6) is -1.36. The molecule has 5 nitrogen and oxygen atoms in total. The Kier molecular flexibility index (Phi) is 4.73. The Hall–Kier alpha value is -1.10. The van der Waals surface area contributed by atoms with Crippen LogP contribution in [0.15, 0.2) is 0 Å². The highest BCUT2D eigenvalue weighted by Gasteiger charge is 2.32. The quantitative estimate of drug-likeness (QED) is 0.772. The fraction of sp³-hybridized carbons (Fsp3) is 0.818. The van der Waals surface area contributed by atoms with Crippen molar-refractivity contribution in [3.05, 3.63) is 0 Å². The van der Waals surface area contributed by atoms with E-state index in [0.29, 0.717) is 19.6 Å². The van der Waals surface area contributed by atoms with Crippen molar-refractivity contribution in [2.24, 2.45) is 5.92 Å². The smallest absolute Gasteiger partial charge is 0.308 e. The van der Waals surface area contributed by atoms with Crippen LogP contribution in [0.2, 0.25) is 0 Å². The van der Waals surface area contributed by atoms with Crippen LogP contribution >= 0.6 is 0 Å². The molecular weight excluding hydrogens is 210 g/mol. The number of ether oxygens (including phenoxy) is 1. The van der Waals surface area contributed by atoms with Gasteiger partial charge in [0.05, 0.1) is 5.92 Å². The molecule has 5 heteroatoms. The SMILES string of the molecule is CCOCC(=O)N1CC(C(=O)O)CCC1C. The van der Waals surface area contributed by atoms with E-state index in [4.69, 9.17) is 9.84 Å². The normalized spacial score (nSPS) is 25.5.